The minimum Gasteiger partial charge on any atom is -0.453 e. The van der Waals surface area contributed by atoms with Gasteiger partial charge in [0.25, 0.3) is 0 Å². The van der Waals surface area contributed by atoms with E-state index in [1.807, 2.05) is 34.8 Å². The van der Waals surface area contributed by atoms with Crippen LogP contribution in [0.5, 0.6) is 0 Å². The zero-order valence-electron chi connectivity index (χ0n) is 13.2. The highest BCUT2D eigenvalue weighted by Gasteiger charge is 2.18. The summed E-state index contributed by atoms with van der Waals surface area (Å²) in [6.45, 7) is 3.08. The van der Waals surface area contributed by atoms with Gasteiger partial charge in [0.15, 0.2) is 16.6 Å². The molecule has 1 aromatic carbocycles. The topological polar surface area (TPSA) is 59.5 Å². The quantitative estimate of drug-likeness (QED) is 0.571. The molecule has 0 amide bonds. The van der Waals surface area contributed by atoms with Crippen molar-refractivity contribution < 1.29 is 4.42 Å². The summed E-state index contributed by atoms with van der Waals surface area (Å²) in [4.78, 5) is 3.25. The third kappa shape index (κ3) is 2.40. The molecule has 7 heteroatoms. The number of fused-ring (bicyclic) bond motifs is 2. The summed E-state index contributed by atoms with van der Waals surface area (Å²) in [6, 6.07) is 10.0. The van der Waals surface area contributed by atoms with Crippen molar-refractivity contribution in [2.75, 3.05) is 13.1 Å². The van der Waals surface area contributed by atoms with Crippen LogP contribution in [0.3, 0.4) is 0 Å². The average Bonchev–Trinajstić information content (AvgIpc) is 3.30. The molecule has 0 atom stereocenters. The smallest absolute Gasteiger partial charge is 0.235 e. The van der Waals surface area contributed by atoms with Gasteiger partial charge in [0.1, 0.15) is 5.58 Å². The van der Waals surface area contributed by atoms with Crippen LogP contribution in [0.4, 0.5) is 0 Å². The van der Waals surface area contributed by atoms with Crippen molar-refractivity contribution in [1.29, 1.82) is 0 Å². The van der Waals surface area contributed by atoms with Crippen molar-refractivity contribution >= 4 is 27.3 Å². The van der Waals surface area contributed by atoms with E-state index in [1.54, 1.807) is 0 Å². The van der Waals surface area contributed by atoms with Gasteiger partial charge in [-0.3, -0.25) is 4.90 Å². The van der Waals surface area contributed by atoms with Gasteiger partial charge in [0.05, 0.1) is 6.54 Å². The monoisotopic (exact) mass is 339 g/mol. The zero-order chi connectivity index (χ0) is 15.9. The Hall–Kier alpha value is -2.25. The fraction of sp³-hybridized carbons (Fsp3) is 0.353. The third-order valence-corrected chi connectivity index (χ3v) is 5.42. The van der Waals surface area contributed by atoms with E-state index in [9.17, 15) is 0 Å². The molecule has 0 spiro atoms. The van der Waals surface area contributed by atoms with E-state index in [0.717, 1.165) is 52.2 Å². The second-order valence-corrected chi connectivity index (χ2v) is 7.16. The summed E-state index contributed by atoms with van der Waals surface area (Å²) in [6.07, 6.45) is 3.87. The molecule has 24 heavy (non-hydrogen) atoms. The molecule has 1 aliphatic heterocycles. The highest BCUT2D eigenvalue weighted by atomic mass is 32.1. The molecule has 122 valence electrons. The Labute approximate surface area is 142 Å². The lowest BCUT2D eigenvalue weighted by Gasteiger charge is -2.25. The molecule has 0 saturated carbocycles. The standard InChI is InChI=1S/C17H17N5OS/c1-4-8-21(9-5-1)11-15-18-19-17-22(15)20-16(24-17)14-10-12-6-2-3-7-13(12)23-14/h2-3,6-7,10H,1,4-5,8-9,11H2. The Morgan fingerprint density at radius 3 is 2.83 bits per heavy atom. The molecule has 0 radical (unpaired) electrons. The van der Waals surface area contributed by atoms with E-state index in [1.165, 1.54) is 30.6 Å². The van der Waals surface area contributed by atoms with Gasteiger partial charge >= 0.3 is 0 Å². The molecule has 0 aliphatic carbocycles. The molecule has 6 nitrogen and oxygen atoms in total. The van der Waals surface area contributed by atoms with Gasteiger partial charge in [-0.05, 0) is 38.1 Å². The number of benzene rings is 1. The molecule has 0 N–H and O–H groups in total. The highest BCUT2D eigenvalue weighted by molar-refractivity contribution is 7.19. The summed E-state index contributed by atoms with van der Waals surface area (Å²) in [5.74, 6) is 1.70. The van der Waals surface area contributed by atoms with Crippen LogP contribution in [0.15, 0.2) is 34.7 Å². The lowest BCUT2D eigenvalue weighted by atomic mass is 10.1. The molecule has 0 bridgehead atoms. The molecular formula is C17H17N5OS. The van der Waals surface area contributed by atoms with Crippen molar-refractivity contribution in [2.24, 2.45) is 0 Å². The first kappa shape index (κ1) is 14.1. The Kier molecular flexibility index (Phi) is 3.34. The van der Waals surface area contributed by atoms with Crippen molar-refractivity contribution in [3.05, 3.63) is 36.2 Å². The summed E-state index contributed by atoms with van der Waals surface area (Å²) >= 11 is 1.51. The third-order valence-electron chi connectivity index (χ3n) is 4.51. The van der Waals surface area contributed by atoms with Crippen molar-refractivity contribution in [2.45, 2.75) is 25.8 Å². The van der Waals surface area contributed by atoms with Gasteiger partial charge in [-0.2, -0.15) is 4.52 Å². The second kappa shape index (κ2) is 5.68. The normalized spacial score (nSPS) is 16.3. The van der Waals surface area contributed by atoms with E-state index in [-0.39, 0.29) is 0 Å². The number of hydrogen-bond acceptors (Lipinski definition) is 6. The van der Waals surface area contributed by atoms with Gasteiger partial charge in [0.2, 0.25) is 4.96 Å². The largest absolute Gasteiger partial charge is 0.453 e. The number of likely N-dealkylation sites (tertiary alicyclic amines) is 1. The first-order valence-corrected chi connectivity index (χ1v) is 9.11. The van der Waals surface area contributed by atoms with Crippen LogP contribution >= 0.6 is 11.3 Å². The SMILES string of the molecule is c1ccc2oc(-c3nn4c(CN5CCCCC5)nnc4s3)cc2c1. The lowest BCUT2D eigenvalue weighted by molar-refractivity contribution is 0.214. The van der Waals surface area contributed by atoms with Crippen LogP contribution in [-0.2, 0) is 6.54 Å². The second-order valence-electron chi connectivity index (χ2n) is 6.20. The molecule has 1 fully saturated rings. The average molecular weight is 339 g/mol. The summed E-state index contributed by atoms with van der Waals surface area (Å²) in [5.41, 5.74) is 0.881. The molecule has 0 unspecified atom stereocenters. The Balaban J connectivity index is 1.49. The fourth-order valence-corrected chi connectivity index (χ4v) is 4.07. The van der Waals surface area contributed by atoms with Crippen molar-refractivity contribution in [1.82, 2.24) is 24.7 Å². The van der Waals surface area contributed by atoms with Crippen molar-refractivity contribution in [3.63, 3.8) is 0 Å². The number of piperidine rings is 1. The maximum Gasteiger partial charge on any atom is 0.235 e. The number of nitrogens with zero attached hydrogens (tertiary/aromatic N) is 5. The molecule has 3 aromatic heterocycles. The number of furan rings is 1. The summed E-state index contributed by atoms with van der Waals surface area (Å²) in [5, 5.41) is 15.2. The number of aromatic nitrogens is 4. The molecule has 4 heterocycles. The first-order chi connectivity index (χ1) is 11.9. The Morgan fingerprint density at radius 2 is 1.96 bits per heavy atom. The van der Waals surface area contributed by atoms with E-state index in [2.05, 4.69) is 15.1 Å². The fourth-order valence-electron chi connectivity index (χ4n) is 3.26. The van der Waals surface area contributed by atoms with Gasteiger partial charge in [0, 0.05) is 5.39 Å². The van der Waals surface area contributed by atoms with Crippen LogP contribution in [0, 0.1) is 0 Å². The van der Waals surface area contributed by atoms with E-state index in [4.69, 9.17) is 9.52 Å². The van der Waals surface area contributed by atoms with Gasteiger partial charge in [-0.15, -0.1) is 15.3 Å². The van der Waals surface area contributed by atoms with E-state index >= 15 is 0 Å². The summed E-state index contributed by atoms with van der Waals surface area (Å²) in [7, 11) is 0. The van der Waals surface area contributed by atoms with Crippen LogP contribution < -0.4 is 0 Å². The minimum absolute atomic E-state index is 0.788. The van der Waals surface area contributed by atoms with Crippen LogP contribution in [0.25, 0.3) is 26.7 Å². The molecule has 1 saturated heterocycles. The van der Waals surface area contributed by atoms with Crippen LogP contribution in [-0.4, -0.2) is 37.8 Å². The number of rotatable bonds is 3. The predicted octanol–water partition coefficient (Wildman–Crippen LogP) is 3.58. The number of hydrogen-bond donors (Lipinski definition) is 0. The maximum absolute atomic E-state index is 5.92. The van der Waals surface area contributed by atoms with Crippen molar-refractivity contribution in [3.8, 4) is 10.8 Å². The molecule has 4 aromatic rings. The maximum atomic E-state index is 5.92. The van der Waals surface area contributed by atoms with Crippen LogP contribution in [0.2, 0.25) is 0 Å². The van der Waals surface area contributed by atoms with Gasteiger partial charge in [-0.25, -0.2) is 0 Å². The van der Waals surface area contributed by atoms with E-state index < -0.39 is 0 Å². The first-order valence-electron chi connectivity index (χ1n) is 8.29. The molecular weight excluding hydrogens is 322 g/mol. The lowest BCUT2D eigenvalue weighted by Crippen LogP contribution is -2.30. The predicted molar refractivity (Wildman–Crippen MR) is 93.0 cm³/mol. The minimum atomic E-state index is 0.788. The molecule has 1 aliphatic rings. The van der Waals surface area contributed by atoms with Gasteiger partial charge < -0.3 is 4.42 Å². The van der Waals surface area contributed by atoms with E-state index in [0.29, 0.717) is 0 Å². The van der Waals surface area contributed by atoms with Crippen LogP contribution in [0.1, 0.15) is 25.1 Å². The Bertz CT molecular complexity index is 962. The number of para-hydroxylation sites is 1. The highest BCUT2D eigenvalue weighted by Crippen LogP contribution is 2.31. The Morgan fingerprint density at radius 1 is 1.08 bits per heavy atom. The zero-order valence-corrected chi connectivity index (χ0v) is 14.0. The summed E-state index contributed by atoms with van der Waals surface area (Å²) < 4.78 is 7.78. The van der Waals surface area contributed by atoms with Gasteiger partial charge in [-0.1, -0.05) is 36.0 Å². The molecule has 5 rings (SSSR count).